The topological polar surface area (TPSA) is 41.1 Å². The first-order valence-corrected chi connectivity index (χ1v) is 4.69. The summed E-state index contributed by atoms with van der Waals surface area (Å²) >= 11 is 0. The van der Waals surface area contributed by atoms with E-state index in [0.717, 1.165) is 23.4 Å². The summed E-state index contributed by atoms with van der Waals surface area (Å²) in [5, 5.41) is 6.07. The van der Waals surface area contributed by atoms with Gasteiger partial charge < -0.3 is 10.6 Å². The van der Waals surface area contributed by atoms with Gasteiger partial charge in [0.05, 0.1) is 6.42 Å². The average molecular weight is 186 g/mol. The molecule has 14 heavy (non-hydrogen) atoms. The maximum absolute atomic E-state index is 11.5. The van der Waals surface area contributed by atoms with Gasteiger partial charge in [0.25, 0.3) is 0 Å². The van der Waals surface area contributed by atoms with Gasteiger partial charge in [-0.05, 0) is 17.2 Å². The van der Waals surface area contributed by atoms with Gasteiger partial charge in [-0.15, -0.1) is 0 Å². The van der Waals surface area contributed by atoms with Gasteiger partial charge in [0.2, 0.25) is 5.91 Å². The standard InChI is InChI=1S/C11H10N2O/c14-11-4-7-2-1-3-10-9(7)5-8(13-11)6-12-10/h1-3,6,12H,4-5H2,(H,13,14). The van der Waals surface area contributed by atoms with Crippen molar-refractivity contribution in [2.24, 2.45) is 0 Å². The Balaban J connectivity index is 2.22. The molecule has 0 saturated heterocycles. The fraction of sp³-hybridized carbons (Fsp3) is 0.182. The van der Waals surface area contributed by atoms with Crippen LogP contribution in [0.2, 0.25) is 0 Å². The van der Waals surface area contributed by atoms with Crippen LogP contribution < -0.4 is 10.6 Å². The van der Waals surface area contributed by atoms with Crippen LogP contribution in [0.1, 0.15) is 11.1 Å². The van der Waals surface area contributed by atoms with Crippen LogP contribution in [0.3, 0.4) is 0 Å². The second-order valence-electron chi connectivity index (χ2n) is 3.66. The number of hydrogen-bond acceptors (Lipinski definition) is 2. The first-order valence-electron chi connectivity index (χ1n) is 4.69. The van der Waals surface area contributed by atoms with Crippen molar-refractivity contribution in [1.29, 1.82) is 0 Å². The van der Waals surface area contributed by atoms with Crippen LogP contribution in [0.5, 0.6) is 0 Å². The number of rotatable bonds is 0. The Morgan fingerprint density at radius 3 is 3.07 bits per heavy atom. The zero-order valence-electron chi connectivity index (χ0n) is 7.63. The Labute approximate surface area is 81.8 Å². The minimum atomic E-state index is 0.0795. The highest BCUT2D eigenvalue weighted by Crippen LogP contribution is 2.28. The maximum atomic E-state index is 11.5. The third-order valence-corrected chi connectivity index (χ3v) is 2.69. The summed E-state index contributed by atoms with van der Waals surface area (Å²) in [6, 6.07) is 6.05. The monoisotopic (exact) mass is 186 g/mol. The van der Waals surface area contributed by atoms with E-state index in [9.17, 15) is 4.79 Å². The van der Waals surface area contributed by atoms with Crippen LogP contribution >= 0.6 is 0 Å². The number of carbonyl (C=O) groups is 1. The molecule has 0 atom stereocenters. The average Bonchev–Trinajstić information content (AvgIpc) is 2.32. The van der Waals surface area contributed by atoms with Crippen LogP contribution in [0.4, 0.5) is 5.69 Å². The van der Waals surface area contributed by atoms with Crippen LogP contribution in [-0.4, -0.2) is 5.91 Å². The fourth-order valence-electron chi connectivity index (χ4n) is 2.03. The number of carbonyl (C=O) groups excluding carboxylic acids is 1. The van der Waals surface area contributed by atoms with E-state index in [1.165, 1.54) is 5.56 Å². The molecule has 3 rings (SSSR count). The molecule has 1 aromatic carbocycles. The third-order valence-electron chi connectivity index (χ3n) is 2.69. The van der Waals surface area contributed by atoms with Crippen LogP contribution in [-0.2, 0) is 17.6 Å². The summed E-state index contributed by atoms with van der Waals surface area (Å²) in [6.07, 6.45) is 3.20. The van der Waals surface area contributed by atoms with E-state index >= 15 is 0 Å². The van der Waals surface area contributed by atoms with Gasteiger partial charge in [0.1, 0.15) is 0 Å². The molecule has 2 heterocycles. The largest absolute Gasteiger partial charge is 0.360 e. The highest BCUT2D eigenvalue weighted by molar-refractivity contribution is 5.83. The lowest BCUT2D eigenvalue weighted by Crippen LogP contribution is -2.23. The predicted octanol–water partition coefficient (Wildman–Crippen LogP) is 1.17. The number of hydrogen-bond donors (Lipinski definition) is 2. The summed E-state index contributed by atoms with van der Waals surface area (Å²) in [7, 11) is 0. The van der Waals surface area contributed by atoms with Gasteiger partial charge in [-0.2, -0.15) is 0 Å². The number of nitrogens with one attached hydrogen (secondary N) is 2. The molecule has 2 bridgehead atoms. The molecule has 2 N–H and O–H groups in total. The van der Waals surface area contributed by atoms with Crippen molar-refractivity contribution < 1.29 is 4.79 Å². The molecule has 3 heteroatoms. The highest BCUT2D eigenvalue weighted by atomic mass is 16.1. The van der Waals surface area contributed by atoms with E-state index in [2.05, 4.69) is 10.6 Å². The summed E-state index contributed by atoms with van der Waals surface area (Å²) in [4.78, 5) is 11.5. The van der Waals surface area contributed by atoms with Gasteiger partial charge in [0.15, 0.2) is 0 Å². The molecule has 0 fully saturated rings. The number of allylic oxidation sites excluding steroid dienone is 1. The molecule has 0 aromatic heterocycles. The molecule has 0 aliphatic carbocycles. The fourth-order valence-corrected chi connectivity index (χ4v) is 2.03. The summed E-state index contributed by atoms with van der Waals surface area (Å²) in [6.45, 7) is 0. The normalized spacial score (nSPS) is 17.7. The molecule has 0 radical (unpaired) electrons. The Morgan fingerprint density at radius 1 is 1.21 bits per heavy atom. The molecule has 0 saturated carbocycles. The van der Waals surface area contributed by atoms with Crippen molar-refractivity contribution >= 4 is 11.6 Å². The maximum Gasteiger partial charge on any atom is 0.228 e. The summed E-state index contributed by atoms with van der Waals surface area (Å²) < 4.78 is 0. The minimum absolute atomic E-state index is 0.0795. The Morgan fingerprint density at radius 2 is 2.14 bits per heavy atom. The van der Waals surface area contributed by atoms with Crippen LogP contribution in [0.15, 0.2) is 30.1 Å². The highest BCUT2D eigenvalue weighted by Gasteiger charge is 2.20. The molecule has 0 unspecified atom stereocenters. The molecular weight excluding hydrogens is 176 g/mol. The Hall–Kier alpha value is -1.77. The van der Waals surface area contributed by atoms with E-state index in [0.29, 0.717) is 6.42 Å². The van der Waals surface area contributed by atoms with Crippen molar-refractivity contribution in [1.82, 2.24) is 5.32 Å². The van der Waals surface area contributed by atoms with Crippen molar-refractivity contribution in [3.05, 3.63) is 41.2 Å². The van der Waals surface area contributed by atoms with Crippen LogP contribution in [0, 0.1) is 0 Å². The van der Waals surface area contributed by atoms with E-state index in [1.807, 2.05) is 24.4 Å². The van der Waals surface area contributed by atoms with E-state index < -0.39 is 0 Å². The zero-order chi connectivity index (χ0) is 9.54. The molecule has 3 nitrogen and oxygen atoms in total. The summed E-state index contributed by atoms with van der Waals surface area (Å²) in [5.41, 5.74) is 4.48. The van der Waals surface area contributed by atoms with Crippen molar-refractivity contribution in [2.45, 2.75) is 12.8 Å². The van der Waals surface area contributed by atoms with Crippen LogP contribution in [0.25, 0.3) is 0 Å². The quantitative estimate of drug-likeness (QED) is 0.638. The first kappa shape index (κ1) is 7.62. The predicted molar refractivity (Wildman–Crippen MR) is 53.7 cm³/mol. The van der Waals surface area contributed by atoms with Gasteiger partial charge >= 0.3 is 0 Å². The SMILES string of the molecule is O=C1Cc2cccc3c2CC(=CN3)N1. The number of fused-ring (bicyclic) bond motifs is 1. The lowest BCUT2D eigenvalue weighted by molar-refractivity contribution is -0.119. The van der Waals surface area contributed by atoms with Crippen molar-refractivity contribution in [3.63, 3.8) is 0 Å². The zero-order valence-corrected chi connectivity index (χ0v) is 7.63. The molecule has 1 aromatic rings. The second kappa shape index (κ2) is 2.61. The van der Waals surface area contributed by atoms with Gasteiger partial charge in [0, 0.05) is 24.0 Å². The number of anilines is 1. The van der Waals surface area contributed by atoms with E-state index in [1.54, 1.807) is 0 Å². The van der Waals surface area contributed by atoms with Crippen molar-refractivity contribution in [2.75, 3.05) is 5.32 Å². The first-order chi connectivity index (χ1) is 6.83. The van der Waals surface area contributed by atoms with E-state index in [-0.39, 0.29) is 5.91 Å². The Bertz CT molecular complexity index is 449. The van der Waals surface area contributed by atoms with Gasteiger partial charge in [-0.3, -0.25) is 4.79 Å². The van der Waals surface area contributed by atoms with Gasteiger partial charge in [-0.25, -0.2) is 0 Å². The molecule has 70 valence electrons. The summed E-state index contributed by atoms with van der Waals surface area (Å²) in [5.74, 6) is 0.0795. The second-order valence-corrected chi connectivity index (χ2v) is 3.66. The smallest absolute Gasteiger partial charge is 0.228 e. The molecule has 2 aliphatic rings. The molecule has 2 aliphatic heterocycles. The molecule has 0 spiro atoms. The van der Waals surface area contributed by atoms with E-state index in [4.69, 9.17) is 0 Å². The molecule has 1 amide bonds. The third kappa shape index (κ3) is 1.02. The van der Waals surface area contributed by atoms with Gasteiger partial charge in [-0.1, -0.05) is 12.1 Å². The molecular formula is C11H10N2O. The van der Waals surface area contributed by atoms with Crippen molar-refractivity contribution in [3.8, 4) is 0 Å². The lowest BCUT2D eigenvalue weighted by atomic mass is 9.98. The Kier molecular flexibility index (Phi) is 1.42. The minimum Gasteiger partial charge on any atom is -0.360 e. The number of amides is 1. The lowest BCUT2D eigenvalue weighted by Gasteiger charge is -2.17. The number of benzene rings is 1.